The van der Waals surface area contributed by atoms with Gasteiger partial charge in [-0.3, -0.25) is 4.79 Å². The van der Waals surface area contributed by atoms with E-state index in [1.807, 2.05) is 0 Å². The highest BCUT2D eigenvalue weighted by atomic mass is 32.2. The van der Waals surface area contributed by atoms with Crippen LogP contribution < -0.4 is 4.72 Å². The molecule has 0 aromatic heterocycles. The van der Waals surface area contributed by atoms with E-state index in [9.17, 15) is 18.0 Å². The molecule has 0 aliphatic heterocycles. The third-order valence-corrected chi connectivity index (χ3v) is 4.00. The quantitative estimate of drug-likeness (QED) is 0.610. The third-order valence-electron chi connectivity index (χ3n) is 2.55. The SMILES string of the molecule is CC(=O)c1cccc(S(=O)(=O)NCCC(O)C(=O)O)c1. The number of carbonyl (C=O) groups excluding carboxylic acids is 1. The molecule has 0 spiro atoms. The highest BCUT2D eigenvalue weighted by Crippen LogP contribution is 2.12. The Bertz CT molecular complexity index is 610. The molecule has 3 N–H and O–H groups in total. The second-order valence-corrected chi connectivity index (χ2v) is 5.89. The van der Waals surface area contributed by atoms with Crippen molar-refractivity contribution in [1.82, 2.24) is 4.72 Å². The van der Waals surface area contributed by atoms with Crippen molar-refractivity contribution in [2.24, 2.45) is 0 Å². The number of carbonyl (C=O) groups is 2. The predicted octanol–water partition coefficient (Wildman–Crippen LogP) is 0.00310. The Kier molecular flexibility index (Phi) is 5.37. The fourth-order valence-corrected chi connectivity index (χ4v) is 2.51. The van der Waals surface area contributed by atoms with Gasteiger partial charge in [0, 0.05) is 12.1 Å². The number of hydrogen-bond donors (Lipinski definition) is 3. The number of aliphatic hydroxyl groups is 1. The lowest BCUT2D eigenvalue weighted by atomic mass is 10.2. The Morgan fingerprint density at radius 3 is 2.55 bits per heavy atom. The molecule has 0 aliphatic rings. The van der Waals surface area contributed by atoms with Crippen LogP contribution in [0, 0.1) is 0 Å². The minimum atomic E-state index is -3.84. The van der Waals surface area contributed by atoms with E-state index >= 15 is 0 Å². The van der Waals surface area contributed by atoms with Crippen LogP contribution in [-0.4, -0.2) is 43.0 Å². The van der Waals surface area contributed by atoms with Gasteiger partial charge in [-0.25, -0.2) is 17.9 Å². The molecule has 1 unspecified atom stereocenters. The molecule has 0 heterocycles. The summed E-state index contributed by atoms with van der Waals surface area (Å²) in [6.07, 6.45) is -1.87. The fourth-order valence-electron chi connectivity index (χ4n) is 1.42. The topological polar surface area (TPSA) is 121 Å². The average Bonchev–Trinajstić information content (AvgIpc) is 2.38. The van der Waals surface area contributed by atoms with Gasteiger partial charge in [0.25, 0.3) is 0 Å². The number of hydrogen-bond acceptors (Lipinski definition) is 5. The zero-order valence-electron chi connectivity index (χ0n) is 10.7. The number of aliphatic hydroxyl groups excluding tert-OH is 1. The number of carboxylic acid groups (broad SMARTS) is 1. The molecule has 1 atom stereocenters. The van der Waals surface area contributed by atoms with Crippen LogP contribution in [0.1, 0.15) is 23.7 Å². The molecule has 1 rings (SSSR count). The first-order chi connectivity index (χ1) is 9.24. The van der Waals surface area contributed by atoms with Crippen LogP contribution in [0.2, 0.25) is 0 Å². The molecule has 0 aliphatic carbocycles. The summed E-state index contributed by atoms with van der Waals surface area (Å²) < 4.78 is 26.0. The van der Waals surface area contributed by atoms with Crippen molar-refractivity contribution in [3.05, 3.63) is 29.8 Å². The minimum Gasteiger partial charge on any atom is -0.479 e. The highest BCUT2D eigenvalue weighted by Gasteiger charge is 2.17. The molecule has 1 aromatic carbocycles. The van der Waals surface area contributed by atoms with Crippen molar-refractivity contribution in [1.29, 1.82) is 0 Å². The number of sulfonamides is 1. The lowest BCUT2D eigenvalue weighted by Gasteiger charge is -2.09. The number of ketones is 1. The van der Waals surface area contributed by atoms with E-state index in [0.29, 0.717) is 0 Å². The normalized spacial score (nSPS) is 12.9. The van der Waals surface area contributed by atoms with E-state index in [0.717, 1.165) is 0 Å². The standard InChI is InChI=1S/C12H15NO6S/c1-8(14)9-3-2-4-10(7-9)20(18,19)13-6-5-11(15)12(16)17/h2-4,7,11,13,15H,5-6H2,1H3,(H,16,17). The molecular formula is C12H15NO6S. The molecule has 0 fully saturated rings. The number of nitrogens with one attached hydrogen (secondary N) is 1. The Hall–Kier alpha value is -1.77. The second-order valence-electron chi connectivity index (χ2n) is 4.12. The van der Waals surface area contributed by atoms with E-state index in [4.69, 9.17) is 10.2 Å². The maximum absolute atomic E-state index is 11.9. The first-order valence-corrected chi connectivity index (χ1v) is 7.24. The number of aliphatic carboxylic acids is 1. The zero-order chi connectivity index (χ0) is 15.3. The number of rotatable bonds is 7. The smallest absolute Gasteiger partial charge is 0.332 e. The van der Waals surface area contributed by atoms with Gasteiger partial charge in [-0.15, -0.1) is 0 Å². The summed E-state index contributed by atoms with van der Waals surface area (Å²) in [5.41, 5.74) is 0.262. The lowest BCUT2D eigenvalue weighted by Crippen LogP contribution is -2.30. The number of Topliss-reactive ketones (excluding diaryl/α,β-unsaturated/α-hetero) is 1. The van der Waals surface area contributed by atoms with Gasteiger partial charge in [0.05, 0.1) is 4.90 Å². The van der Waals surface area contributed by atoms with Gasteiger partial charge in [-0.05, 0) is 25.5 Å². The van der Waals surface area contributed by atoms with Crippen LogP contribution in [-0.2, 0) is 14.8 Å². The maximum atomic E-state index is 11.9. The Balaban J connectivity index is 2.76. The molecule has 0 bridgehead atoms. The van der Waals surface area contributed by atoms with E-state index in [-0.39, 0.29) is 29.2 Å². The van der Waals surface area contributed by atoms with Gasteiger partial charge in [0.1, 0.15) is 0 Å². The fraction of sp³-hybridized carbons (Fsp3) is 0.333. The average molecular weight is 301 g/mol. The van der Waals surface area contributed by atoms with Gasteiger partial charge in [0.15, 0.2) is 11.9 Å². The second kappa shape index (κ2) is 6.60. The van der Waals surface area contributed by atoms with Crippen LogP contribution in [0.15, 0.2) is 29.2 Å². The molecule has 1 aromatic rings. The van der Waals surface area contributed by atoms with Crippen molar-refractivity contribution in [3.63, 3.8) is 0 Å². The van der Waals surface area contributed by atoms with Crippen molar-refractivity contribution >= 4 is 21.8 Å². The Labute approximate surface area is 116 Å². The summed E-state index contributed by atoms with van der Waals surface area (Å²) in [7, 11) is -3.84. The largest absolute Gasteiger partial charge is 0.479 e. The number of carboxylic acids is 1. The van der Waals surface area contributed by atoms with Gasteiger partial charge in [-0.2, -0.15) is 0 Å². The van der Waals surface area contributed by atoms with Gasteiger partial charge in [-0.1, -0.05) is 12.1 Å². The zero-order valence-corrected chi connectivity index (χ0v) is 11.6. The van der Waals surface area contributed by atoms with Crippen molar-refractivity contribution in [2.45, 2.75) is 24.3 Å². The summed E-state index contributed by atoms with van der Waals surface area (Å²) in [6.45, 7) is 1.10. The van der Waals surface area contributed by atoms with E-state index < -0.39 is 22.1 Å². The van der Waals surface area contributed by atoms with Crippen LogP contribution in [0.3, 0.4) is 0 Å². The van der Waals surface area contributed by atoms with Gasteiger partial charge >= 0.3 is 5.97 Å². The molecule has 0 saturated carbocycles. The first-order valence-electron chi connectivity index (χ1n) is 5.75. The summed E-state index contributed by atoms with van der Waals surface area (Å²) >= 11 is 0. The van der Waals surface area contributed by atoms with E-state index in [1.165, 1.54) is 31.2 Å². The van der Waals surface area contributed by atoms with Crippen LogP contribution in [0.5, 0.6) is 0 Å². The molecule has 8 heteroatoms. The van der Waals surface area contributed by atoms with E-state index in [2.05, 4.69) is 4.72 Å². The monoisotopic (exact) mass is 301 g/mol. The molecule has 0 amide bonds. The molecule has 20 heavy (non-hydrogen) atoms. The molecule has 0 radical (unpaired) electrons. The van der Waals surface area contributed by atoms with Gasteiger partial charge < -0.3 is 10.2 Å². The Morgan fingerprint density at radius 1 is 1.35 bits per heavy atom. The lowest BCUT2D eigenvalue weighted by molar-refractivity contribution is -0.146. The number of benzene rings is 1. The molecule has 110 valence electrons. The van der Waals surface area contributed by atoms with Crippen LogP contribution >= 0.6 is 0 Å². The summed E-state index contributed by atoms with van der Waals surface area (Å²) in [4.78, 5) is 21.5. The molecular weight excluding hydrogens is 286 g/mol. The Morgan fingerprint density at radius 2 is 2.00 bits per heavy atom. The van der Waals surface area contributed by atoms with Crippen LogP contribution in [0.25, 0.3) is 0 Å². The summed E-state index contributed by atoms with van der Waals surface area (Å²) in [5, 5.41) is 17.5. The molecule has 7 nitrogen and oxygen atoms in total. The molecule has 0 saturated heterocycles. The third kappa shape index (κ3) is 4.41. The first kappa shape index (κ1) is 16.3. The highest BCUT2D eigenvalue weighted by molar-refractivity contribution is 7.89. The van der Waals surface area contributed by atoms with Crippen molar-refractivity contribution in [2.75, 3.05) is 6.54 Å². The van der Waals surface area contributed by atoms with E-state index in [1.54, 1.807) is 0 Å². The summed E-state index contributed by atoms with van der Waals surface area (Å²) in [6, 6.07) is 5.49. The predicted molar refractivity (Wildman–Crippen MR) is 69.9 cm³/mol. The minimum absolute atomic E-state index is 0.0879. The van der Waals surface area contributed by atoms with Crippen molar-refractivity contribution < 1.29 is 28.2 Å². The summed E-state index contributed by atoms with van der Waals surface area (Å²) in [5.74, 6) is -1.67. The van der Waals surface area contributed by atoms with Crippen LogP contribution in [0.4, 0.5) is 0 Å². The maximum Gasteiger partial charge on any atom is 0.332 e. The van der Waals surface area contributed by atoms with Gasteiger partial charge in [0.2, 0.25) is 10.0 Å². The van der Waals surface area contributed by atoms with Crippen molar-refractivity contribution in [3.8, 4) is 0 Å².